The lowest BCUT2D eigenvalue weighted by Gasteiger charge is -2.38. The van der Waals surface area contributed by atoms with E-state index in [0.29, 0.717) is 0 Å². The summed E-state index contributed by atoms with van der Waals surface area (Å²) in [6.07, 6.45) is 3.18. The van der Waals surface area contributed by atoms with Crippen LogP contribution < -0.4 is 10.2 Å². The van der Waals surface area contributed by atoms with Gasteiger partial charge in [-0.2, -0.15) is 0 Å². The van der Waals surface area contributed by atoms with E-state index in [2.05, 4.69) is 19.3 Å². The van der Waals surface area contributed by atoms with Crippen LogP contribution in [0.3, 0.4) is 0 Å². The second-order valence-electron chi connectivity index (χ2n) is 5.62. The number of hydrazine groups is 1. The van der Waals surface area contributed by atoms with Crippen LogP contribution in [-0.2, 0) is 0 Å². The van der Waals surface area contributed by atoms with Crippen LogP contribution in [0.1, 0.15) is 43.5 Å². The third kappa shape index (κ3) is 3.36. The quantitative estimate of drug-likeness (QED) is 0.682. The number of benzene rings is 1. The summed E-state index contributed by atoms with van der Waals surface area (Å²) >= 11 is 0. The Morgan fingerprint density at radius 1 is 1.36 bits per heavy atom. The number of rotatable bonds is 4. The van der Waals surface area contributed by atoms with Crippen molar-refractivity contribution >= 4 is 11.6 Å². The molecule has 0 radical (unpaired) electrons. The van der Waals surface area contributed by atoms with E-state index in [1.165, 1.54) is 25.3 Å². The highest BCUT2D eigenvalue weighted by atomic mass is 16.6. The highest BCUT2D eigenvalue weighted by Gasteiger charge is 2.27. The Labute approximate surface area is 129 Å². The second-order valence-corrected chi connectivity index (χ2v) is 5.62. The maximum atomic E-state index is 12.4. The molecule has 1 aliphatic rings. The average Bonchev–Trinajstić information content (AvgIpc) is 2.50. The number of nitro benzene ring substituents is 1. The molecule has 0 aliphatic carbocycles. The smallest absolute Gasteiger partial charge is 0.311 e. The van der Waals surface area contributed by atoms with Gasteiger partial charge < -0.3 is 4.74 Å². The van der Waals surface area contributed by atoms with Crippen molar-refractivity contribution in [3.8, 4) is 5.75 Å². The molecule has 0 spiro atoms. The first-order valence-electron chi connectivity index (χ1n) is 7.35. The van der Waals surface area contributed by atoms with E-state index in [-0.39, 0.29) is 35.0 Å². The van der Waals surface area contributed by atoms with Crippen LogP contribution in [0.2, 0.25) is 0 Å². The minimum atomic E-state index is -0.554. The lowest BCUT2D eigenvalue weighted by Crippen LogP contribution is -2.54. The fourth-order valence-electron chi connectivity index (χ4n) is 2.80. The van der Waals surface area contributed by atoms with E-state index in [1.54, 1.807) is 0 Å². The predicted octanol–water partition coefficient (Wildman–Crippen LogP) is 2.51. The highest BCUT2D eigenvalue weighted by molar-refractivity contribution is 5.94. The van der Waals surface area contributed by atoms with Crippen LogP contribution in [0.4, 0.5) is 5.69 Å². The molecule has 2 rings (SSSR count). The van der Waals surface area contributed by atoms with E-state index in [1.807, 2.05) is 5.01 Å². The number of piperidine rings is 1. The van der Waals surface area contributed by atoms with Crippen molar-refractivity contribution in [3.63, 3.8) is 0 Å². The van der Waals surface area contributed by atoms with Gasteiger partial charge in [0.1, 0.15) is 0 Å². The number of hydrogen-bond donors (Lipinski definition) is 1. The summed E-state index contributed by atoms with van der Waals surface area (Å²) in [4.78, 5) is 22.8. The molecule has 1 saturated heterocycles. The molecular formula is C15H21N3O4. The molecule has 0 bridgehead atoms. The summed E-state index contributed by atoms with van der Waals surface area (Å²) < 4.78 is 4.94. The number of hydrogen-bond acceptors (Lipinski definition) is 5. The molecule has 1 fully saturated rings. The third-order valence-electron chi connectivity index (χ3n) is 4.06. The summed E-state index contributed by atoms with van der Waals surface area (Å²) in [5.74, 6) is -0.201. The molecule has 0 aromatic heterocycles. The van der Waals surface area contributed by atoms with Crippen molar-refractivity contribution < 1.29 is 14.5 Å². The Hall–Kier alpha value is -2.15. The maximum Gasteiger partial charge on any atom is 0.311 e. The normalized spacial score (nSPS) is 22.1. The summed E-state index contributed by atoms with van der Waals surface area (Å²) in [5, 5.41) is 13.0. The predicted molar refractivity (Wildman–Crippen MR) is 81.7 cm³/mol. The molecule has 1 heterocycles. The molecule has 7 heteroatoms. The number of ether oxygens (including phenoxy) is 1. The van der Waals surface area contributed by atoms with Crippen LogP contribution in [0.15, 0.2) is 18.2 Å². The van der Waals surface area contributed by atoms with E-state index < -0.39 is 4.92 Å². The summed E-state index contributed by atoms with van der Waals surface area (Å²) in [6, 6.07) is 4.71. The molecule has 0 unspecified atom stereocenters. The molecular weight excluding hydrogens is 286 g/mol. The molecule has 0 saturated carbocycles. The summed E-state index contributed by atoms with van der Waals surface area (Å²) in [5.41, 5.74) is 2.90. The van der Waals surface area contributed by atoms with Crippen molar-refractivity contribution in [1.82, 2.24) is 10.4 Å². The van der Waals surface area contributed by atoms with Crippen LogP contribution in [-0.4, -0.2) is 35.0 Å². The highest BCUT2D eigenvalue weighted by Crippen LogP contribution is 2.28. The van der Waals surface area contributed by atoms with Crippen molar-refractivity contribution in [1.29, 1.82) is 0 Å². The third-order valence-corrected chi connectivity index (χ3v) is 4.06. The van der Waals surface area contributed by atoms with Gasteiger partial charge in [0, 0.05) is 23.7 Å². The molecule has 1 N–H and O–H groups in total. The van der Waals surface area contributed by atoms with Gasteiger partial charge in [-0.05, 0) is 38.8 Å². The Morgan fingerprint density at radius 3 is 2.55 bits per heavy atom. The van der Waals surface area contributed by atoms with E-state index in [9.17, 15) is 14.9 Å². The van der Waals surface area contributed by atoms with E-state index >= 15 is 0 Å². The molecule has 7 nitrogen and oxygen atoms in total. The van der Waals surface area contributed by atoms with Gasteiger partial charge >= 0.3 is 5.69 Å². The Kier molecular flexibility index (Phi) is 4.97. The standard InChI is InChI=1S/C15H21N3O4/c1-10-5-4-6-11(2)17(10)16-15(19)12-7-8-14(22-3)13(9-12)18(20)21/h7-11H,4-6H2,1-3H3,(H,16,19)/t10-,11-/m1/s1. The average molecular weight is 307 g/mol. The van der Waals surface area contributed by atoms with Gasteiger partial charge in [0.2, 0.25) is 0 Å². The Balaban J connectivity index is 2.19. The van der Waals surface area contributed by atoms with Crippen molar-refractivity contribution in [2.45, 2.75) is 45.2 Å². The lowest BCUT2D eigenvalue weighted by atomic mass is 10.00. The van der Waals surface area contributed by atoms with Crippen LogP contribution in [0, 0.1) is 10.1 Å². The summed E-state index contributed by atoms with van der Waals surface area (Å²) in [7, 11) is 1.36. The zero-order valence-corrected chi connectivity index (χ0v) is 13.0. The minimum Gasteiger partial charge on any atom is -0.490 e. The SMILES string of the molecule is COc1ccc(C(=O)NN2[C@H](C)CCC[C@H]2C)cc1[N+](=O)[O-]. The number of methoxy groups -OCH3 is 1. The molecule has 1 aromatic carbocycles. The van der Waals surface area contributed by atoms with Crippen LogP contribution in [0.25, 0.3) is 0 Å². The zero-order valence-electron chi connectivity index (χ0n) is 13.0. The van der Waals surface area contributed by atoms with Gasteiger partial charge in [0.05, 0.1) is 12.0 Å². The van der Waals surface area contributed by atoms with Crippen molar-refractivity contribution in [3.05, 3.63) is 33.9 Å². The second kappa shape index (κ2) is 6.74. The number of nitro groups is 1. The topological polar surface area (TPSA) is 84.7 Å². The number of carbonyl (C=O) groups is 1. The van der Waals surface area contributed by atoms with Gasteiger partial charge in [0.25, 0.3) is 5.91 Å². The van der Waals surface area contributed by atoms with Crippen molar-refractivity contribution in [2.75, 3.05) is 7.11 Å². The first-order chi connectivity index (χ1) is 10.4. The Bertz CT molecular complexity index is 566. The molecule has 2 atom stereocenters. The molecule has 1 amide bonds. The Morgan fingerprint density at radius 2 is 2.00 bits per heavy atom. The zero-order chi connectivity index (χ0) is 16.3. The number of nitrogens with zero attached hydrogens (tertiary/aromatic N) is 2. The minimum absolute atomic E-state index is 0.140. The molecule has 1 aromatic rings. The molecule has 1 aliphatic heterocycles. The first-order valence-corrected chi connectivity index (χ1v) is 7.35. The lowest BCUT2D eigenvalue weighted by molar-refractivity contribution is -0.385. The monoisotopic (exact) mass is 307 g/mol. The van der Waals surface area contributed by atoms with Gasteiger partial charge in [-0.3, -0.25) is 20.3 Å². The van der Waals surface area contributed by atoms with Gasteiger partial charge in [-0.25, -0.2) is 5.01 Å². The largest absolute Gasteiger partial charge is 0.490 e. The fraction of sp³-hybridized carbons (Fsp3) is 0.533. The molecule has 120 valence electrons. The van der Waals surface area contributed by atoms with Crippen molar-refractivity contribution in [2.24, 2.45) is 0 Å². The number of carbonyl (C=O) groups excluding carboxylic acids is 1. The number of nitrogens with one attached hydrogen (secondary N) is 1. The number of amides is 1. The van der Waals surface area contributed by atoms with E-state index in [0.717, 1.165) is 19.3 Å². The summed E-state index contributed by atoms with van der Waals surface area (Å²) in [6.45, 7) is 4.12. The van der Waals surface area contributed by atoms with E-state index in [4.69, 9.17) is 4.74 Å². The van der Waals surface area contributed by atoms with Crippen LogP contribution >= 0.6 is 0 Å². The van der Waals surface area contributed by atoms with Crippen LogP contribution in [0.5, 0.6) is 5.75 Å². The van der Waals surface area contributed by atoms with Gasteiger partial charge in [0.15, 0.2) is 5.75 Å². The van der Waals surface area contributed by atoms with Gasteiger partial charge in [-0.1, -0.05) is 6.42 Å². The first kappa shape index (κ1) is 16.2. The van der Waals surface area contributed by atoms with Gasteiger partial charge in [-0.15, -0.1) is 0 Å². The molecule has 22 heavy (non-hydrogen) atoms. The maximum absolute atomic E-state index is 12.4. The fourth-order valence-corrected chi connectivity index (χ4v) is 2.80.